The smallest absolute Gasteiger partial charge is 0.0931 e. The lowest BCUT2D eigenvalue weighted by Crippen LogP contribution is -2.41. The first-order chi connectivity index (χ1) is 8.24. The summed E-state index contributed by atoms with van der Waals surface area (Å²) in [5.41, 5.74) is 6.57. The second kappa shape index (κ2) is 6.38. The Morgan fingerprint density at radius 3 is 2.39 bits per heavy atom. The highest BCUT2D eigenvalue weighted by Gasteiger charge is 2.27. The summed E-state index contributed by atoms with van der Waals surface area (Å²) in [6, 6.07) is 4.47. The Morgan fingerprint density at radius 1 is 1.39 bits per heavy atom. The monoisotopic (exact) mass is 288 g/mol. The Labute approximate surface area is 120 Å². The normalized spacial score (nSPS) is 16.0. The molecule has 0 amide bonds. The van der Waals surface area contributed by atoms with Gasteiger partial charge in [0, 0.05) is 17.5 Å². The van der Waals surface area contributed by atoms with Crippen molar-refractivity contribution in [3.05, 3.63) is 21.3 Å². The van der Waals surface area contributed by atoms with Gasteiger partial charge in [0.1, 0.15) is 0 Å². The number of likely N-dealkylation sites (N-methyl/N-ethyl adjacent to an activating group) is 1. The van der Waals surface area contributed by atoms with Gasteiger partial charge in [0.15, 0.2) is 0 Å². The fraction of sp³-hybridized carbons (Fsp3) is 0.714. The molecule has 2 unspecified atom stereocenters. The van der Waals surface area contributed by atoms with Gasteiger partial charge in [-0.15, -0.1) is 11.3 Å². The average Bonchev–Trinajstić information content (AvgIpc) is 2.62. The van der Waals surface area contributed by atoms with Gasteiger partial charge < -0.3 is 5.73 Å². The van der Waals surface area contributed by atoms with Crippen LogP contribution in [0.25, 0.3) is 0 Å². The van der Waals surface area contributed by atoms with Crippen LogP contribution in [-0.4, -0.2) is 24.5 Å². The van der Waals surface area contributed by atoms with Crippen LogP contribution in [0.2, 0.25) is 4.34 Å². The molecule has 2 atom stereocenters. The van der Waals surface area contributed by atoms with Crippen molar-refractivity contribution >= 4 is 22.9 Å². The third-order valence-electron chi connectivity index (χ3n) is 2.96. The first-order valence-corrected chi connectivity index (χ1v) is 7.65. The summed E-state index contributed by atoms with van der Waals surface area (Å²) < 4.78 is 0.836. The Kier molecular flexibility index (Phi) is 5.66. The number of nitrogens with two attached hydrogens (primary N) is 1. The number of hydrogen-bond donors (Lipinski definition) is 1. The SMILES string of the molecule is CCC(N)C(c1ccc(Cl)s1)N(C)CC(C)(C)C. The Hall–Kier alpha value is -0.0900. The van der Waals surface area contributed by atoms with Crippen LogP contribution >= 0.6 is 22.9 Å². The van der Waals surface area contributed by atoms with E-state index in [1.807, 2.05) is 6.07 Å². The molecule has 0 saturated heterocycles. The standard InChI is InChI=1S/C14H25ClN2S/c1-6-10(16)13(11-7-8-12(15)18-11)17(5)9-14(2,3)4/h7-8,10,13H,6,9,16H2,1-5H3. The molecule has 4 heteroatoms. The number of nitrogens with zero attached hydrogens (tertiary/aromatic N) is 1. The van der Waals surface area contributed by atoms with Crippen LogP contribution in [0.4, 0.5) is 0 Å². The van der Waals surface area contributed by atoms with E-state index in [4.69, 9.17) is 17.3 Å². The second-order valence-corrected chi connectivity index (χ2v) is 7.88. The quantitative estimate of drug-likeness (QED) is 0.881. The molecular weight excluding hydrogens is 264 g/mol. The Bertz CT molecular complexity index is 370. The molecule has 0 spiro atoms. The van der Waals surface area contributed by atoms with Crippen LogP contribution in [0.1, 0.15) is 45.0 Å². The van der Waals surface area contributed by atoms with Crippen molar-refractivity contribution in [3.8, 4) is 0 Å². The average molecular weight is 289 g/mol. The van der Waals surface area contributed by atoms with Gasteiger partial charge in [-0.3, -0.25) is 4.90 Å². The van der Waals surface area contributed by atoms with Crippen molar-refractivity contribution in [3.63, 3.8) is 0 Å². The maximum absolute atomic E-state index is 6.30. The van der Waals surface area contributed by atoms with Crippen LogP contribution in [0.3, 0.4) is 0 Å². The summed E-state index contributed by atoms with van der Waals surface area (Å²) >= 11 is 7.69. The van der Waals surface area contributed by atoms with E-state index in [0.29, 0.717) is 0 Å². The highest BCUT2D eigenvalue weighted by Crippen LogP contribution is 2.33. The minimum Gasteiger partial charge on any atom is -0.326 e. The van der Waals surface area contributed by atoms with Crippen molar-refractivity contribution in [2.75, 3.05) is 13.6 Å². The molecule has 0 aliphatic carbocycles. The molecule has 2 N–H and O–H groups in total. The molecule has 0 radical (unpaired) electrons. The molecule has 0 bridgehead atoms. The van der Waals surface area contributed by atoms with Gasteiger partial charge in [-0.05, 0) is 31.0 Å². The lowest BCUT2D eigenvalue weighted by Gasteiger charge is -2.35. The van der Waals surface area contributed by atoms with Crippen molar-refractivity contribution in [2.45, 2.75) is 46.2 Å². The maximum Gasteiger partial charge on any atom is 0.0931 e. The molecule has 1 rings (SSSR count). The summed E-state index contributed by atoms with van der Waals surface area (Å²) in [6.07, 6.45) is 0.967. The molecule has 104 valence electrons. The van der Waals surface area contributed by atoms with E-state index < -0.39 is 0 Å². The van der Waals surface area contributed by atoms with Crippen LogP contribution < -0.4 is 5.73 Å². The molecule has 1 aromatic heterocycles. The summed E-state index contributed by atoms with van der Waals surface area (Å²) in [5.74, 6) is 0. The highest BCUT2D eigenvalue weighted by molar-refractivity contribution is 7.16. The van der Waals surface area contributed by atoms with Gasteiger partial charge >= 0.3 is 0 Å². The zero-order chi connectivity index (χ0) is 13.9. The van der Waals surface area contributed by atoms with Gasteiger partial charge in [0.05, 0.1) is 10.4 Å². The van der Waals surface area contributed by atoms with Gasteiger partial charge in [-0.2, -0.15) is 0 Å². The van der Waals surface area contributed by atoms with E-state index in [2.05, 4.69) is 45.7 Å². The molecule has 1 heterocycles. The number of hydrogen-bond acceptors (Lipinski definition) is 3. The molecule has 18 heavy (non-hydrogen) atoms. The van der Waals surface area contributed by atoms with Crippen molar-refractivity contribution < 1.29 is 0 Å². The molecule has 0 fully saturated rings. The topological polar surface area (TPSA) is 29.3 Å². The minimum absolute atomic E-state index is 0.145. The maximum atomic E-state index is 6.30. The number of thiophene rings is 1. The molecular formula is C14H25ClN2S. The van der Waals surface area contributed by atoms with E-state index in [1.54, 1.807) is 11.3 Å². The third-order valence-corrected chi connectivity index (χ3v) is 4.26. The number of rotatable bonds is 5. The summed E-state index contributed by atoms with van der Waals surface area (Å²) in [5, 5.41) is 0. The van der Waals surface area contributed by atoms with Crippen molar-refractivity contribution in [1.29, 1.82) is 0 Å². The molecule has 0 saturated carbocycles. The summed E-state index contributed by atoms with van der Waals surface area (Å²) in [4.78, 5) is 3.62. The first-order valence-electron chi connectivity index (χ1n) is 6.45. The molecule has 0 aliphatic rings. The van der Waals surface area contributed by atoms with Crippen LogP contribution in [-0.2, 0) is 0 Å². The van der Waals surface area contributed by atoms with Crippen LogP contribution in [0.5, 0.6) is 0 Å². The van der Waals surface area contributed by atoms with E-state index >= 15 is 0 Å². The Morgan fingerprint density at radius 2 is 2.00 bits per heavy atom. The fourth-order valence-electron chi connectivity index (χ4n) is 2.31. The second-order valence-electron chi connectivity index (χ2n) is 6.13. The van der Waals surface area contributed by atoms with E-state index in [1.165, 1.54) is 4.88 Å². The molecule has 2 nitrogen and oxygen atoms in total. The van der Waals surface area contributed by atoms with Crippen molar-refractivity contribution in [1.82, 2.24) is 4.90 Å². The van der Waals surface area contributed by atoms with Gasteiger partial charge in [-0.1, -0.05) is 39.3 Å². The lowest BCUT2D eigenvalue weighted by molar-refractivity contribution is 0.153. The molecule has 0 aliphatic heterocycles. The fourth-order valence-corrected chi connectivity index (χ4v) is 3.62. The van der Waals surface area contributed by atoms with Crippen LogP contribution in [0.15, 0.2) is 12.1 Å². The zero-order valence-electron chi connectivity index (χ0n) is 12.0. The highest BCUT2D eigenvalue weighted by atomic mass is 35.5. The lowest BCUT2D eigenvalue weighted by atomic mass is 9.94. The largest absolute Gasteiger partial charge is 0.326 e. The summed E-state index contributed by atoms with van der Waals surface area (Å²) in [6.45, 7) is 9.90. The molecule has 0 aromatic carbocycles. The first kappa shape index (κ1) is 16.0. The number of halogens is 1. The predicted octanol–water partition coefficient (Wildman–Crippen LogP) is 4.16. The van der Waals surface area contributed by atoms with E-state index in [9.17, 15) is 0 Å². The zero-order valence-corrected chi connectivity index (χ0v) is 13.6. The molecule has 1 aromatic rings. The van der Waals surface area contributed by atoms with Crippen molar-refractivity contribution in [2.24, 2.45) is 11.1 Å². The van der Waals surface area contributed by atoms with E-state index in [0.717, 1.165) is 17.3 Å². The summed E-state index contributed by atoms with van der Waals surface area (Å²) in [7, 11) is 2.15. The van der Waals surface area contributed by atoms with Gasteiger partial charge in [0.25, 0.3) is 0 Å². The third kappa shape index (κ3) is 4.54. The van der Waals surface area contributed by atoms with E-state index in [-0.39, 0.29) is 17.5 Å². The Balaban J connectivity index is 2.92. The van der Waals surface area contributed by atoms with Crippen LogP contribution in [0, 0.1) is 5.41 Å². The van der Waals surface area contributed by atoms with Gasteiger partial charge in [0.2, 0.25) is 0 Å². The minimum atomic E-state index is 0.145. The predicted molar refractivity (Wildman–Crippen MR) is 82.4 cm³/mol. The van der Waals surface area contributed by atoms with Gasteiger partial charge in [-0.25, -0.2) is 0 Å².